The zero-order valence-electron chi connectivity index (χ0n) is 17.2. The number of nitrogens with zero attached hydrogens (tertiary/aromatic N) is 1. The first-order valence-corrected chi connectivity index (χ1v) is 10.9. The fourth-order valence-corrected chi connectivity index (χ4v) is 5.27. The minimum Gasteiger partial charge on any atom is -0.480 e. The van der Waals surface area contributed by atoms with Crippen molar-refractivity contribution in [2.45, 2.75) is 26.4 Å². The van der Waals surface area contributed by atoms with Gasteiger partial charge in [0.25, 0.3) is 0 Å². The van der Waals surface area contributed by atoms with E-state index in [9.17, 15) is 14.4 Å². The molecule has 2 fully saturated rings. The van der Waals surface area contributed by atoms with Crippen LogP contribution < -0.4 is 9.64 Å². The van der Waals surface area contributed by atoms with Gasteiger partial charge in [0, 0.05) is 10.6 Å². The van der Waals surface area contributed by atoms with Gasteiger partial charge in [0.2, 0.25) is 17.6 Å². The Morgan fingerprint density at radius 3 is 2.26 bits per heavy atom. The van der Waals surface area contributed by atoms with Gasteiger partial charge in [0.1, 0.15) is 5.75 Å². The highest BCUT2D eigenvalue weighted by molar-refractivity contribution is 6.31. The predicted molar refractivity (Wildman–Crippen MR) is 117 cm³/mol. The molecule has 0 N–H and O–H groups in total. The Balaban J connectivity index is 1.44. The van der Waals surface area contributed by atoms with Crippen LogP contribution in [0.4, 0.5) is 5.69 Å². The highest BCUT2D eigenvalue weighted by atomic mass is 35.5. The number of aryl methyl sites for hydroxylation is 1. The average molecular weight is 436 g/mol. The van der Waals surface area contributed by atoms with Crippen LogP contribution in [-0.4, -0.2) is 23.7 Å². The second-order valence-electron chi connectivity index (χ2n) is 8.61. The van der Waals surface area contributed by atoms with Gasteiger partial charge in [-0.2, -0.15) is 0 Å². The first-order valence-electron chi connectivity index (χ1n) is 10.5. The number of fused-ring (bicyclic) bond motifs is 5. The molecular weight excluding hydrogens is 414 g/mol. The lowest BCUT2D eigenvalue weighted by atomic mass is 9.85. The molecule has 158 valence electrons. The molecule has 1 saturated carbocycles. The molecule has 5 rings (SSSR count). The van der Waals surface area contributed by atoms with Crippen LogP contribution in [0.25, 0.3) is 0 Å². The summed E-state index contributed by atoms with van der Waals surface area (Å²) in [5.74, 6) is -0.725. The molecule has 2 aliphatic carbocycles. The fraction of sp³-hybridized carbons (Fsp3) is 0.320. The molecule has 2 aromatic rings. The second kappa shape index (κ2) is 7.34. The molecule has 2 bridgehead atoms. The maximum atomic E-state index is 13.2. The third kappa shape index (κ3) is 3.19. The first kappa shape index (κ1) is 20.0. The normalized spacial score (nSPS) is 27.0. The summed E-state index contributed by atoms with van der Waals surface area (Å²) in [7, 11) is 0. The maximum absolute atomic E-state index is 13.2. The number of ether oxygens (including phenoxy) is 1. The lowest BCUT2D eigenvalue weighted by Crippen LogP contribution is -2.34. The number of carbonyl (C=O) groups is 3. The second-order valence-corrected chi connectivity index (χ2v) is 9.05. The zero-order chi connectivity index (χ0) is 21.9. The van der Waals surface area contributed by atoms with Crippen LogP contribution in [0, 0.1) is 30.6 Å². The van der Waals surface area contributed by atoms with E-state index in [-0.39, 0.29) is 41.3 Å². The largest absolute Gasteiger partial charge is 0.480 e. The van der Waals surface area contributed by atoms with Crippen LogP contribution in [0.15, 0.2) is 54.6 Å². The van der Waals surface area contributed by atoms with Crippen LogP contribution in [-0.2, 0) is 9.59 Å². The van der Waals surface area contributed by atoms with E-state index in [2.05, 4.69) is 12.2 Å². The van der Waals surface area contributed by atoms with E-state index in [4.69, 9.17) is 16.3 Å². The number of imide groups is 1. The average Bonchev–Trinajstić information content (AvgIpc) is 3.43. The Morgan fingerprint density at radius 2 is 1.65 bits per heavy atom. The lowest BCUT2D eigenvalue weighted by molar-refractivity contribution is -0.123. The number of benzene rings is 2. The predicted octanol–water partition coefficient (Wildman–Crippen LogP) is 4.61. The minimum atomic E-state index is -0.798. The summed E-state index contributed by atoms with van der Waals surface area (Å²) in [6, 6.07) is 12.1. The molecule has 5 nitrogen and oxygen atoms in total. The van der Waals surface area contributed by atoms with Crippen LogP contribution in [0.1, 0.15) is 29.3 Å². The van der Waals surface area contributed by atoms with Gasteiger partial charge in [-0.25, -0.2) is 4.90 Å². The van der Waals surface area contributed by atoms with E-state index in [1.165, 1.54) is 4.90 Å². The molecule has 31 heavy (non-hydrogen) atoms. The Kier molecular flexibility index (Phi) is 4.74. The van der Waals surface area contributed by atoms with Crippen molar-refractivity contribution >= 4 is 34.9 Å². The summed E-state index contributed by atoms with van der Waals surface area (Å²) in [6.07, 6.45) is 4.17. The molecule has 6 heteroatoms. The lowest BCUT2D eigenvalue weighted by Gasteiger charge is -2.23. The molecule has 5 atom stereocenters. The van der Waals surface area contributed by atoms with Gasteiger partial charge in [-0.3, -0.25) is 14.4 Å². The highest BCUT2D eigenvalue weighted by Crippen LogP contribution is 2.54. The molecule has 0 spiro atoms. The molecule has 0 unspecified atom stereocenters. The summed E-state index contributed by atoms with van der Waals surface area (Å²) in [5, 5.41) is 0.388. The van der Waals surface area contributed by atoms with Crippen molar-refractivity contribution in [3.63, 3.8) is 0 Å². The van der Waals surface area contributed by atoms with E-state index in [0.717, 1.165) is 12.0 Å². The van der Waals surface area contributed by atoms with Gasteiger partial charge in [-0.1, -0.05) is 53.6 Å². The molecule has 1 saturated heterocycles. The summed E-state index contributed by atoms with van der Waals surface area (Å²) >= 11 is 6.21. The van der Waals surface area contributed by atoms with Gasteiger partial charge in [-0.05, 0) is 50.3 Å². The van der Waals surface area contributed by atoms with Crippen molar-refractivity contribution < 1.29 is 19.1 Å². The first-order chi connectivity index (χ1) is 14.8. The Hall–Kier alpha value is -2.92. The van der Waals surface area contributed by atoms with Crippen LogP contribution in [0.5, 0.6) is 5.75 Å². The number of carbonyl (C=O) groups excluding carboxylic acids is 3. The van der Waals surface area contributed by atoms with E-state index < -0.39 is 6.10 Å². The molecule has 0 radical (unpaired) electrons. The monoisotopic (exact) mass is 435 g/mol. The van der Waals surface area contributed by atoms with E-state index in [1.54, 1.807) is 37.3 Å². The highest BCUT2D eigenvalue weighted by Gasteiger charge is 2.60. The van der Waals surface area contributed by atoms with Crippen molar-refractivity contribution in [2.24, 2.45) is 23.7 Å². The summed E-state index contributed by atoms with van der Waals surface area (Å²) in [6.45, 7) is 3.61. The number of hydrogen-bond acceptors (Lipinski definition) is 4. The van der Waals surface area contributed by atoms with Crippen molar-refractivity contribution in [1.82, 2.24) is 0 Å². The van der Waals surface area contributed by atoms with Crippen LogP contribution in [0.3, 0.4) is 0 Å². The number of allylic oxidation sites excluding steroid dienone is 2. The Labute approximate surface area is 185 Å². The maximum Gasteiger partial charge on any atom is 0.238 e. The van der Waals surface area contributed by atoms with Crippen molar-refractivity contribution in [1.29, 1.82) is 0 Å². The number of anilines is 1. The van der Waals surface area contributed by atoms with Crippen molar-refractivity contribution in [3.05, 3.63) is 70.8 Å². The quantitative estimate of drug-likeness (QED) is 0.391. The molecular formula is C25H22ClNO4. The Morgan fingerprint density at radius 1 is 1.03 bits per heavy atom. The standard InChI is InChI=1S/C25H22ClNO4/c1-13-3-5-15(6-4-13)23(28)14(2)31-20-10-9-18(26)12-19(20)27-24(29)21-16-7-8-17(11-16)22(21)25(27)30/h3-10,12,14,16-17,21-22H,11H2,1-2H3/t14-,16-,17-,21+,22+/m0/s1. The van der Waals surface area contributed by atoms with Gasteiger partial charge < -0.3 is 4.74 Å². The third-order valence-corrected chi connectivity index (χ3v) is 6.88. The fourth-order valence-electron chi connectivity index (χ4n) is 5.10. The van der Waals surface area contributed by atoms with Crippen LogP contribution >= 0.6 is 11.6 Å². The topological polar surface area (TPSA) is 63.7 Å². The SMILES string of the molecule is Cc1ccc(C(=O)[C@H](C)Oc2ccc(Cl)cc2N2C(=O)[C@H]3[C@H](C2=O)[C@H]2C=C[C@H]3C2)cc1. The molecule has 1 heterocycles. The molecule has 0 aromatic heterocycles. The van der Waals surface area contributed by atoms with Gasteiger partial charge >= 0.3 is 0 Å². The smallest absolute Gasteiger partial charge is 0.238 e. The summed E-state index contributed by atoms with van der Waals surface area (Å²) < 4.78 is 5.98. The van der Waals surface area contributed by atoms with Crippen molar-refractivity contribution in [2.75, 3.05) is 4.90 Å². The zero-order valence-corrected chi connectivity index (χ0v) is 18.0. The van der Waals surface area contributed by atoms with E-state index in [1.807, 2.05) is 19.1 Å². The summed E-state index contributed by atoms with van der Waals surface area (Å²) in [5.41, 5.74) is 1.91. The van der Waals surface area contributed by atoms with E-state index >= 15 is 0 Å². The number of amides is 2. The molecule has 3 aliphatic rings. The number of Topliss-reactive ketones (excluding diaryl/α,β-unsaturated/α-hetero) is 1. The van der Waals surface area contributed by atoms with Crippen molar-refractivity contribution in [3.8, 4) is 5.75 Å². The van der Waals surface area contributed by atoms with Crippen LogP contribution in [0.2, 0.25) is 5.02 Å². The number of halogens is 1. The Bertz CT molecular complexity index is 1090. The van der Waals surface area contributed by atoms with E-state index in [0.29, 0.717) is 22.0 Å². The van der Waals surface area contributed by atoms with Gasteiger partial charge in [0.05, 0.1) is 17.5 Å². The number of hydrogen-bond donors (Lipinski definition) is 0. The van der Waals surface area contributed by atoms with Gasteiger partial charge in [0.15, 0.2) is 6.10 Å². The summed E-state index contributed by atoms with van der Waals surface area (Å²) in [4.78, 5) is 40.5. The molecule has 1 aliphatic heterocycles. The third-order valence-electron chi connectivity index (χ3n) is 6.64. The number of rotatable bonds is 5. The molecule has 2 amide bonds. The van der Waals surface area contributed by atoms with Gasteiger partial charge in [-0.15, -0.1) is 0 Å². The number of ketones is 1. The molecule has 2 aromatic carbocycles. The minimum absolute atomic E-state index is 0.113.